The summed E-state index contributed by atoms with van der Waals surface area (Å²) in [5, 5.41) is 3.54. The lowest BCUT2D eigenvalue weighted by Gasteiger charge is -2.59. The third-order valence-electron chi connectivity index (χ3n) is 8.37. The predicted molar refractivity (Wildman–Crippen MR) is 108 cm³/mol. The van der Waals surface area contributed by atoms with Gasteiger partial charge in [-0.15, -0.1) is 0 Å². The van der Waals surface area contributed by atoms with Gasteiger partial charge in [0.05, 0.1) is 5.41 Å². The fraction of sp³-hybridized carbons (Fsp3) is 0.955. The third kappa shape index (κ3) is 3.27. The van der Waals surface area contributed by atoms with Gasteiger partial charge in [-0.1, -0.05) is 41.6 Å². The third-order valence-corrected chi connectivity index (χ3v) is 9.30. The van der Waals surface area contributed by atoms with Crippen molar-refractivity contribution in [2.75, 3.05) is 13.1 Å². The number of alkyl halides is 1. The van der Waals surface area contributed by atoms with Crippen molar-refractivity contribution in [3.63, 3.8) is 0 Å². The summed E-state index contributed by atoms with van der Waals surface area (Å²) in [5.74, 6) is 1.98. The maximum absolute atomic E-state index is 13.4. The molecule has 6 rings (SSSR count). The molecule has 3 nitrogen and oxygen atoms in total. The van der Waals surface area contributed by atoms with E-state index in [1.165, 1.54) is 64.3 Å². The maximum Gasteiger partial charge on any atom is 0.226 e. The molecule has 0 spiro atoms. The Bertz CT molecular complexity index is 542. The molecule has 1 N–H and O–H groups in total. The van der Waals surface area contributed by atoms with Gasteiger partial charge in [0.15, 0.2) is 0 Å². The van der Waals surface area contributed by atoms with Crippen LogP contribution in [0.1, 0.15) is 83.5 Å². The van der Waals surface area contributed by atoms with Crippen LogP contribution in [0.15, 0.2) is 0 Å². The average Bonchev–Trinajstić information content (AvgIpc) is 2.86. The Kier molecular flexibility index (Phi) is 4.67. The molecule has 6 aliphatic rings. The van der Waals surface area contributed by atoms with Crippen LogP contribution in [0.5, 0.6) is 0 Å². The zero-order chi connectivity index (χ0) is 17.8. The van der Waals surface area contributed by atoms with E-state index < -0.39 is 0 Å². The second-order valence-corrected chi connectivity index (χ2v) is 12.2. The molecular weight excluding hydrogens is 388 g/mol. The lowest BCUT2D eigenvalue weighted by molar-refractivity contribution is -0.144. The fourth-order valence-electron chi connectivity index (χ4n) is 7.61. The summed E-state index contributed by atoms with van der Waals surface area (Å²) in [7, 11) is 0. The highest BCUT2D eigenvalue weighted by Crippen LogP contribution is 2.64. The summed E-state index contributed by atoms with van der Waals surface area (Å²) in [6, 6.07) is 1.18. The van der Waals surface area contributed by atoms with Crippen LogP contribution in [-0.2, 0) is 4.79 Å². The van der Waals surface area contributed by atoms with Crippen LogP contribution >= 0.6 is 15.9 Å². The summed E-state index contributed by atoms with van der Waals surface area (Å²) in [6.45, 7) is 2.29. The topological polar surface area (TPSA) is 32.3 Å². The quantitative estimate of drug-likeness (QED) is 0.530. The Hall–Kier alpha value is -0.0900. The highest BCUT2D eigenvalue weighted by atomic mass is 79.9. The summed E-state index contributed by atoms with van der Waals surface area (Å²) in [6.07, 6.45) is 16.9. The Balaban J connectivity index is 1.21. The highest BCUT2D eigenvalue weighted by Gasteiger charge is 2.59. The number of carbonyl (C=O) groups excluding carboxylic acids is 1. The van der Waals surface area contributed by atoms with E-state index >= 15 is 0 Å². The monoisotopic (exact) mass is 422 g/mol. The minimum absolute atomic E-state index is 0.0523. The first-order valence-electron chi connectivity index (χ1n) is 11.3. The first-order valence-corrected chi connectivity index (χ1v) is 12.1. The van der Waals surface area contributed by atoms with E-state index in [9.17, 15) is 4.79 Å². The number of carbonyl (C=O) groups is 1. The number of nitrogens with one attached hydrogen (secondary N) is 1. The van der Waals surface area contributed by atoms with Gasteiger partial charge in [-0.2, -0.15) is 0 Å². The summed E-state index contributed by atoms with van der Waals surface area (Å²) in [5.41, 5.74) is -0.0523. The molecule has 4 heteroatoms. The van der Waals surface area contributed by atoms with Crippen molar-refractivity contribution in [1.82, 2.24) is 10.2 Å². The number of likely N-dealkylation sites (tertiary alicyclic amines) is 1. The Labute approximate surface area is 167 Å². The number of nitrogens with zero attached hydrogens (tertiary/aromatic N) is 1. The Morgan fingerprint density at radius 1 is 0.962 bits per heavy atom. The highest BCUT2D eigenvalue weighted by molar-refractivity contribution is 9.10. The second kappa shape index (κ2) is 6.76. The number of amides is 1. The first-order chi connectivity index (χ1) is 12.5. The van der Waals surface area contributed by atoms with E-state index in [4.69, 9.17) is 0 Å². The molecule has 4 bridgehead atoms. The van der Waals surface area contributed by atoms with Crippen molar-refractivity contribution >= 4 is 21.8 Å². The van der Waals surface area contributed by atoms with Crippen LogP contribution in [0.2, 0.25) is 0 Å². The van der Waals surface area contributed by atoms with Gasteiger partial charge in [-0.05, 0) is 69.6 Å². The molecule has 3 atom stereocenters. The summed E-state index contributed by atoms with van der Waals surface area (Å²) < 4.78 is 0.274. The fourth-order valence-corrected chi connectivity index (χ4v) is 9.07. The smallest absolute Gasteiger partial charge is 0.226 e. The van der Waals surface area contributed by atoms with Crippen LogP contribution in [0.25, 0.3) is 0 Å². The number of halogens is 1. The predicted octanol–water partition coefficient (Wildman–Crippen LogP) is 4.63. The lowest BCUT2D eigenvalue weighted by atomic mass is 9.49. The van der Waals surface area contributed by atoms with Crippen molar-refractivity contribution in [3.05, 3.63) is 0 Å². The molecule has 146 valence electrons. The van der Waals surface area contributed by atoms with E-state index in [1.807, 2.05) is 0 Å². The molecule has 5 saturated carbocycles. The molecule has 6 fully saturated rings. The van der Waals surface area contributed by atoms with Crippen LogP contribution in [-0.4, -0.2) is 40.3 Å². The van der Waals surface area contributed by atoms with E-state index in [0.717, 1.165) is 50.1 Å². The first kappa shape index (κ1) is 18.0. The molecule has 1 amide bonds. The van der Waals surface area contributed by atoms with Crippen LogP contribution in [0.3, 0.4) is 0 Å². The zero-order valence-corrected chi connectivity index (χ0v) is 17.7. The van der Waals surface area contributed by atoms with E-state index in [1.54, 1.807) is 0 Å². The molecule has 1 heterocycles. The molecule has 0 radical (unpaired) electrons. The molecule has 5 aliphatic carbocycles. The van der Waals surface area contributed by atoms with Gasteiger partial charge in [0.1, 0.15) is 0 Å². The lowest BCUT2D eigenvalue weighted by Crippen LogP contribution is -2.59. The van der Waals surface area contributed by atoms with Gasteiger partial charge in [-0.25, -0.2) is 0 Å². The minimum Gasteiger partial charge on any atom is -0.352 e. The van der Waals surface area contributed by atoms with Gasteiger partial charge in [0, 0.05) is 29.5 Å². The second-order valence-electron chi connectivity index (χ2n) is 10.5. The van der Waals surface area contributed by atoms with Crippen LogP contribution in [0.4, 0.5) is 0 Å². The van der Waals surface area contributed by atoms with Crippen molar-refractivity contribution < 1.29 is 4.79 Å². The molecule has 26 heavy (non-hydrogen) atoms. The minimum atomic E-state index is -0.0523. The Morgan fingerprint density at radius 2 is 1.65 bits per heavy atom. The van der Waals surface area contributed by atoms with Crippen molar-refractivity contribution in [2.45, 2.75) is 99.9 Å². The van der Waals surface area contributed by atoms with E-state index in [-0.39, 0.29) is 9.74 Å². The van der Waals surface area contributed by atoms with Gasteiger partial charge < -0.3 is 5.32 Å². The van der Waals surface area contributed by atoms with E-state index in [2.05, 4.69) is 26.1 Å². The molecule has 0 aromatic heterocycles. The van der Waals surface area contributed by atoms with Crippen LogP contribution in [0, 0.1) is 17.3 Å². The van der Waals surface area contributed by atoms with Gasteiger partial charge in [-0.3, -0.25) is 9.69 Å². The average molecular weight is 423 g/mol. The van der Waals surface area contributed by atoms with Gasteiger partial charge in [0.25, 0.3) is 0 Å². The number of rotatable bonds is 3. The van der Waals surface area contributed by atoms with Crippen molar-refractivity contribution in [3.8, 4) is 0 Å². The molecule has 1 saturated heterocycles. The summed E-state index contributed by atoms with van der Waals surface area (Å²) in [4.78, 5) is 16.1. The largest absolute Gasteiger partial charge is 0.352 e. The van der Waals surface area contributed by atoms with Crippen molar-refractivity contribution in [1.29, 1.82) is 0 Å². The molecule has 0 aromatic rings. The zero-order valence-electron chi connectivity index (χ0n) is 16.1. The maximum atomic E-state index is 13.4. The number of hydrogen-bond acceptors (Lipinski definition) is 2. The normalized spacial score (nSPS) is 46.4. The molecule has 1 aliphatic heterocycles. The SMILES string of the molecule is O=C(NC1CCN(C2CCCCCC2)C1)C12CC3CC(CC(Br)(C3)C1)C2. The van der Waals surface area contributed by atoms with Gasteiger partial charge in [0.2, 0.25) is 5.91 Å². The molecule has 3 unspecified atom stereocenters. The standard InChI is InChI=1S/C22H35BrN2O/c23-22-12-16-9-17(13-22)11-21(10-16,15-22)20(26)24-18-7-8-25(14-18)19-5-3-1-2-4-6-19/h16-19H,1-15H2,(H,24,26). The summed E-state index contributed by atoms with van der Waals surface area (Å²) >= 11 is 4.05. The molecule has 0 aromatic carbocycles. The molecular formula is C22H35BrN2O. The van der Waals surface area contributed by atoms with Gasteiger partial charge >= 0.3 is 0 Å². The van der Waals surface area contributed by atoms with Crippen LogP contribution < -0.4 is 5.32 Å². The Morgan fingerprint density at radius 3 is 2.31 bits per heavy atom. The number of hydrogen-bond donors (Lipinski definition) is 1. The van der Waals surface area contributed by atoms with E-state index in [0.29, 0.717) is 11.9 Å². The van der Waals surface area contributed by atoms with Crippen molar-refractivity contribution in [2.24, 2.45) is 17.3 Å².